The zero-order chi connectivity index (χ0) is 12.0. The van der Waals surface area contributed by atoms with Gasteiger partial charge in [-0.15, -0.1) is 0 Å². The van der Waals surface area contributed by atoms with Crippen molar-refractivity contribution < 1.29 is 0 Å². The van der Waals surface area contributed by atoms with Crippen molar-refractivity contribution in [3.63, 3.8) is 0 Å². The van der Waals surface area contributed by atoms with Crippen LogP contribution in [0.4, 0.5) is 0 Å². The SMILES string of the molecule is C/C=C\C(c1cccc(C)c1)N(C)CCC. The molecule has 0 fully saturated rings. The van der Waals surface area contributed by atoms with E-state index in [1.54, 1.807) is 0 Å². The summed E-state index contributed by atoms with van der Waals surface area (Å²) in [4.78, 5) is 2.40. The van der Waals surface area contributed by atoms with E-state index in [2.05, 4.69) is 69.1 Å². The first-order valence-electron chi connectivity index (χ1n) is 6.08. The first-order chi connectivity index (χ1) is 7.69. The summed E-state index contributed by atoms with van der Waals surface area (Å²) >= 11 is 0. The number of hydrogen-bond acceptors (Lipinski definition) is 1. The second-order valence-corrected chi connectivity index (χ2v) is 4.37. The van der Waals surface area contributed by atoms with Crippen LogP contribution >= 0.6 is 0 Å². The Bertz CT molecular complexity index is 341. The quantitative estimate of drug-likeness (QED) is 0.675. The van der Waals surface area contributed by atoms with Crippen LogP contribution in [-0.4, -0.2) is 18.5 Å². The maximum Gasteiger partial charge on any atom is 0.0528 e. The summed E-state index contributed by atoms with van der Waals surface area (Å²) in [5.74, 6) is 0. The van der Waals surface area contributed by atoms with Gasteiger partial charge in [-0.25, -0.2) is 0 Å². The highest BCUT2D eigenvalue weighted by Gasteiger charge is 2.12. The number of rotatable bonds is 5. The van der Waals surface area contributed by atoms with E-state index >= 15 is 0 Å². The summed E-state index contributed by atoms with van der Waals surface area (Å²) in [6.07, 6.45) is 5.60. The fraction of sp³-hybridized carbons (Fsp3) is 0.467. The molecular formula is C15H23N. The van der Waals surface area contributed by atoms with Crippen molar-refractivity contribution in [2.24, 2.45) is 0 Å². The predicted molar refractivity (Wildman–Crippen MR) is 71.7 cm³/mol. The molecule has 16 heavy (non-hydrogen) atoms. The standard InChI is InChI=1S/C15H23N/c1-5-8-15(16(4)11-6-2)14-10-7-9-13(3)12-14/h5,7-10,12,15H,6,11H2,1-4H3/b8-5-. The van der Waals surface area contributed by atoms with Crippen LogP contribution in [0.15, 0.2) is 36.4 Å². The largest absolute Gasteiger partial charge is 0.296 e. The third-order valence-corrected chi connectivity index (χ3v) is 2.81. The summed E-state index contributed by atoms with van der Waals surface area (Å²) in [6, 6.07) is 9.18. The predicted octanol–water partition coefficient (Wildman–Crippen LogP) is 3.95. The number of aryl methyl sites for hydroxylation is 1. The van der Waals surface area contributed by atoms with E-state index in [0.29, 0.717) is 6.04 Å². The average Bonchev–Trinajstić information content (AvgIpc) is 2.26. The van der Waals surface area contributed by atoms with Crippen molar-refractivity contribution in [1.82, 2.24) is 4.90 Å². The van der Waals surface area contributed by atoms with E-state index in [0.717, 1.165) is 6.54 Å². The number of benzene rings is 1. The molecule has 1 aromatic rings. The number of likely N-dealkylation sites (N-methyl/N-ethyl adjacent to an activating group) is 1. The molecule has 0 radical (unpaired) electrons. The Morgan fingerprint density at radius 2 is 2.12 bits per heavy atom. The molecule has 0 heterocycles. The van der Waals surface area contributed by atoms with Crippen LogP contribution in [0.5, 0.6) is 0 Å². The zero-order valence-corrected chi connectivity index (χ0v) is 10.9. The molecule has 0 aliphatic rings. The molecule has 0 aliphatic heterocycles. The molecule has 0 amide bonds. The molecule has 0 aromatic heterocycles. The minimum atomic E-state index is 0.407. The second-order valence-electron chi connectivity index (χ2n) is 4.37. The highest BCUT2D eigenvalue weighted by atomic mass is 15.1. The van der Waals surface area contributed by atoms with Crippen molar-refractivity contribution in [3.8, 4) is 0 Å². The molecule has 1 atom stereocenters. The zero-order valence-electron chi connectivity index (χ0n) is 10.9. The van der Waals surface area contributed by atoms with Crippen molar-refractivity contribution in [2.45, 2.75) is 33.2 Å². The Balaban J connectivity index is 2.93. The van der Waals surface area contributed by atoms with Gasteiger partial charge in [-0.2, -0.15) is 0 Å². The Labute approximate surface area is 99.8 Å². The van der Waals surface area contributed by atoms with Crippen LogP contribution < -0.4 is 0 Å². The molecule has 1 aromatic carbocycles. The minimum absolute atomic E-state index is 0.407. The molecule has 1 rings (SSSR count). The monoisotopic (exact) mass is 217 g/mol. The minimum Gasteiger partial charge on any atom is -0.296 e. The van der Waals surface area contributed by atoms with Gasteiger partial charge in [0.05, 0.1) is 6.04 Å². The van der Waals surface area contributed by atoms with Crippen molar-refractivity contribution in [1.29, 1.82) is 0 Å². The summed E-state index contributed by atoms with van der Waals surface area (Å²) < 4.78 is 0. The van der Waals surface area contributed by atoms with Crippen LogP contribution in [0.25, 0.3) is 0 Å². The highest BCUT2D eigenvalue weighted by molar-refractivity contribution is 5.27. The summed E-state index contributed by atoms with van der Waals surface area (Å²) in [5.41, 5.74) is 2.71. The van der Waals surface area contributed by atoms with Gasteiger partial charge < -0.3 is 0 Å². The van der Waals surface area contributed by atoms with Crippen molar-refractivity contribution in [3.05, 3.63) is 47.5 Å². The second kappa shape index (κ2) is 6.49. The maximum atomic E-state index is 2.40. The topological polar surface area (TPSA) is 3.24 Å². The van der Waals surface area contributed by atoms with Gasteiger partial charge in [-0.1, -0.05) is 48.9 Å². The van der Waals surface area contributed by atoms with Crippen LogP contribution in [0, 0.1) is 6.92 Å². The van der Waals surface area contributed by atoms with Gasteiger partial charge in [0.2, 0.25) is 0 Å². The summed E-state index contributed by atoms with van der Waals surface area (Å²) in [5, 5.41) is 0. The molecule has 0 saturated heterocycles. The van der Waals surface area contributed by atoms with Gasteiger partial charge in [0.15, 0.2) is 0 Å². The maximum absolute atomic E-state index is 2.40. The summed E-state index contributed by atoms with van der Waals surface area (Å²) in [7, 11) is 2.19. The molecule has 0 saturated carbocycles. The van der Waals surface area contributed by atoms with E-state index in [4.69, 9.17) is 0 Å². The fourth-order valence-corrected chi connectivity index (χ4v) is 2.04. The van der Waals surface area contributed by atoms with E-state index in [-0.39, 0.29) is 0 Å². The van der Waals surface area contributed by atoms with Gasteiger partial charge >= 0.3 is 0 Å². The van der Waals surface area contributed by atoms with Crippen LogP contribution in [0.1, 0.15) is 37.4 Å². The number of allylic oxidation sites excluding steroid dienone is 1. The third-order valence-electron chi connectivity index (χ3n) is 2.81. The Morgan fingerprint density at radius 3 is 2.69 bits per heavy atom. The van der Waals surface area contributed by atoms with Gasteiger partial charge in [0.25, 0.3) is 0 Å². The van der Waals surface area contributed by atoms with Gasteiger partial charge in [-0.3, -0.25) is 4.90 Å². The highest BCUT2D eigenvalue weighted by Crippen LogP contribution is 2.21. The molecule has 88 valence electrons. The molecule has 0 N–H and O–H groups in total. The lowest BCUT2D eigenvalue weighted by Gasteiger charge is -2.25. The Morgan fingerprint density at radius 1 is 1.38 bits per heavy atom. The van der Waals surface area contributed by atoms with Crippen LogP contribution in [0.2, 0.25) is 0 Å². The molecule has 1 heteroatoms. The van der Waals surface area contributed by atoms with E-state index < -0.39 is 0 Å². The molecule has 0 spiro atoms. The molecular weight excluding hydrogens is 194 g/mol. The van der Waals surface area contributed by atoms with E-state index in [9.17, 15) is 0 Å². The first kappa shape index (κ1) is 13.0. The lowest BCUT2D eigenvalue weighted by Crippen LogP contribution is -2.24. The first-order valence-corrected chi connectivity index (χ1v) is 6.08. The summed E-state index contributed by atoms with van der Waals surface area (Å²) in [6.45, 7) is 7.58. The third kappa shape index (κ3) is 3.49. The van der Waals surface area contributed by atoms with E-state index in [1.165, 1.54) is 17.5 Å². The Hall–Kier alpha value is -1.08. The number of hydrogen-bond donors (Lipinski definition) is 0. The van der Waals surface area contributed by atoms with Crippen molar-refractivity contribution >= 4 is 0 Å². The van der Waals surface area contributed by atoms with Gasteiger partial charge in [-0.05, 0) is 39.4 Å². The van der Waals surface area contributed by atoms with Crippen LogP contribution in [-0.2, 0) is 0 Å². The average molecular weight is 217 g/mol. The molecule has 0 bridgehead atoms. The van der Waals surface area contributed by atoms with Crippen molar-refractivity contribution in [2.75, 3.05) is 13.6 Å². The smallest absolute Gasteiger partial charge is 0.0528 e. The Kier molecular flexibility index (Phi) is 5.27. The lowest BCUT2D eigenvalue weighted by atomic mass is 10.0. The molecule has 1 nitrogen and oxygen atoms in total. The molecule has 0 aliphatic carbocycles. The molecule has 1 unspecified atom stereocenters. The fourth-order valence-electron chi connectivity index (χ4n) is 2.04. The normalized spacial score (nSPS) is 13.6. The van der Waals surface area contributed by atoms with E-state index in [1.807, 2.05) is 0 Å². The number of nitrogens with zero attached hydrogens (tertiary/aromatic N) is 1. The van der Waals surface area contributed by atoms with Crippen LogP contribution in [0.3, 0.4) is 0 Å². The lowest BCUT2D eigenvalue weighted by molar-refractivity contribution is 0.286. The van der Waals surface area contributed by atoms with Gasteiger partial charge in [0.1, 0.15) is 0 Å². The van der Waals surface area contributed by atoms with Gasteiger partial charge in [0, 0.05) is 0 Å².